The van der Waals surface area contributed by atoms with Crippen molar-refractivity contribution in [1.82, 2.24) is 4.90 Å². The molecule has 0 heterocycles. The van der Waals surface area contributed by atoms with Crippen molar-refractivity contribution in [3.63, 3.8) is 0 Å². The van der Waals surface area contributed by atoms with Gasteiger partial charge in [-0.05, 0) is 121 Å². The predicted octanol–water partition coefficient (Wildman–Crippen LogP) is 8.23. The molecule has 0 radical (unpaired) electrons. The van der Waals surface area contributed by atoms with Crippen molar-refractivity contribution >= 4 is 123 Å². The fourth-order valence-corrected chi connectivity index (χ4v) is 5.75. The second kappa shape index (κ2) is 55.2. The third-order valence-corrected chi connectivity index (χ3v) is 9.83. The number of rotatable bonds is 15. The molecule has 0 unspecified atom stereocenters. The molecule has 0 aliphatic rings. The fraction of sp³-hybridized carbons (Fsp3) is 0.627. The first-order chi connectivity index (χ1) is 33.2. The Morgan fingerprint density at radius 3 is 0.986 bits per heavy atom. The number of hydrogen-bond donors (Lipinski definition) is 3. The van der Waals surface area contributed by atoms with Gasteiger partial charge >= 0.3 is 53.4 Å². The number of hydrogen-bond acceptors (Lipinski definition) is 18. The number of alkyl halides is 2. The number of carbonyl (C=O) groups is 7. The van der Waals surface area contributed by atoms with Crippen molar-refractivity contribution in [3.8, 4) is 0 Å². The first-order valence-electron chi connectivity index (χ1n) is 23.1. The Morgan fingerprint density at radius 1 is 0.562 bits per heavy atom. The maximum atomic E-state index is 11.9. The molecule has 0 bridgehead atoms. The first-order valence-corrected chi connectivity index (χ1v) is 27.1. The van der Waals surface area contributed by atoms with Gasteiger partial charge in [0.05, 0.1) is 31.8 Å². The van der Waals surface area contributed by atoms with Crippen LogP contribution in [-0.2, 0) is 42.9 Å². The summed E-state index contributed by atoms with van der Waals surface area (Å²) in [4.78, 5) is 79.8. The average Bonchev–Trinajstić information content (AvgIpc) is 3.29. The number of nitrogens with zero attached hydrogens (tertiary/aromatic N) is 1. The minimum Gasteiger partial charge on any atom is -0.855 e. The fourth-order valence-electron chi connectivity index (χ4n) is 3.77. The van der Waals surface area contributed by atoms with Gasteiger partial charge in [-0.15, -0.1) is 29.8 Å². The molecule has 73 heavy (non-hydrogen) atoms. The summed E-state index contributed by atoms with van der Waals surface area (Å²) in [6.45, 7) is 37.2. The number of ether oxygens (including phenoxy) is 4. The van der Waals surface area contributed by atoms with E-state index >= 15 is 0 Å². The number of esters is 4. The zero-order valence-corrected chi connectivity index (χ0v) is 54.7. The van der Waals surface area contributed by atoms with Crippen LogP contribution in [0.15, 0.2) is 60.7 Å². The summed E-state index contributed by atoms with van der Waals surface area (Å²) in [5.41, 5.74) is 1.13. The van der Waals surface area contributed by atoms with E-state index in [1.807, 2.05) is 12.1 Å². The van der Waals surface area contributed by atoms with Crippen LogP contribution in [0.2, 0.25) is 0 Å². The molecule has 22 heteroatoms. The van der Waals surface area contributed by atoms with Gasteiger partial charge in [-0.2, -0.15) is 25.3 Å². The summed E-state index contributed by atoms with van der Waals surface area (Å²) in [7, 11) is 0. The van der Waals surface area contributed by atoms with E-state index in [1.54, 1.807) is 145 Å². The molecule has 2 rings (SSSR count). The smallest absolute Gasteiger partial charge is 0.855 e. The normalized spacial score (nSPS) is 9.95. The van der Waals surface area contributed by atoms with E-state index in [0.717, 1.165) is 23.5 Å². The van der Waals surface area contributed by atoms with Gasteiger partial charge in [0.1, 0.15) is 19.0 Å². The molecule has 0 aromatic heterocycles. The van der Waals surface area contributed by atoms with E-state index in [2.05, 4.69) is 50.9 Å². The van der Waals surface area contributed by atoms with Crippen molar-refractivity contribution in [2.75, 3.05) is 64.6 Å². The zero-order valence-electron chi connectivity index (χ0n) is 47.0. The van der Waals surface area contributed by atoms with Crippen LogP contribution in [-0.4, -0.2) is 133 Å². The van der Waals surface area contributed by atoms with Crippen molar-refractivity contribution in [2.24, 2.45) is 0 Å². The molecule has 0 fully saturated rings. The quantitative estimate of drug-likeness (QED) is 0.0384. The van der Waals surface area contributed by atoms with Crippen molar-refractivity contribution in [1.29, 1.82) is 0 Å². The topological polar surface area (TPSA) is 203 Å². The molecule has 420 valence electrons. The predicted molar refractivity (Wildman–Crippen MR) is 307 cm³/mol. The van der Waals surface area contributed by atoms with Gasteiger partial charge in [0.2, 0.25) is 5.12 Å². The average molecular weight is 1180 g/mol. The second-order valence-corrected chi connectivity index (χ2v) is 22.1. The minimum atomic E-state index is -0.858. The van der Waals surface area contributed by atoms with Crippen LogP contribution >= 0.6 is 83.6 Å². The summed E-state index contributed by atoms with van der Waals surface area (Å²) in [5.74, 6) is -1.25. The van der Waals surface area contributed by atoms with E-state index in [-0.39, 0.29) is 82.2 Å². The molecule has 0 amide bonds. The van der Waals surface area contributed by atoms with Gasteiger partial charge < -0.3 is 34.1 Å². The number of thioether (sulfide) groups is 2. The Hall–Kier alpha value is -1.52. The molecule has 0 spiro atoms. The molecule has 0 atom stereocenters. The monoisotopic (exact) mass is 1180 g/mol. The van der Waals surface area contributed by atoms with Gasteiger partial charge in [-0.1, -0.05) is 112 Å². The Labute approximate surface area is 496 Å². The molecule has 14 nitrogen and oxygen atoms in total. The molecule has 0 aliphatic carbocycles. The summed E-state index contributed by atoms with van der Waals surface area (Å²) < 4.78 is 16.2. The van der Waals surface area contributed by atoms with E-state index in [4.69, 9.17) is 64.0 Å². The Kier molecular flexibility index (Phi) is 66.7. The van der Waals surface area contributed by atoms with Crippen LogP contribution in [0.3, 0.4) is 0 Å². The zero-order chi connectivity index (χ0) is 58.2. The number of aliphatic hydroxyl groups is 1. The number of aliphatic hydroxyl groups excluding tert-OH is 1. The van der Waals surface area contributed by atoms with Gasteiger partial charge in [0.25, 0.3) is 5.24 Å². The van der Waals surface area contributed by atoms with Crippen molar-refractivity contribution in [2.45, 2.75) is 144 Å². The van der Waals surface area contributed by atoms with Gasteiger partial charge in [0, 0.05) is 24.7 Å². The molecule has 1 N–H and O–H groups in total. The van der Waals surface area contributed by atoms with Crippen LogP contribution < -0.4 is 34.7 Å². The summed E-state index contributed by atoms with van der Waals surface area (Å²) >= 11 is 24.7. The van der Waals surface area contributed by atoms with Crippen LogP contribution in [0.25, 0.3) is 0 Å². The number of thiol groups is 2. The molecule has 2 aromatic rings. The Morgan fingerprint density at radius 2 is 0.808 bits per heavy atom. The van der Waals surface area contributed by atoms with Crippen LogP contribution in [0.4, 0.5) is 0 Å². The van der Waals surface area contributed by atoms with Gasteiger partial charge in [0.15, 0.2) is 5.12 Å². The third-order valence-electron chi connectivity index (χ3n) is 7.18. The Bertz CT molecular complexity index is 1650. The van der Waals surface area contributed by atoms with Crippen LogP contribution in [0, 0.1) is 0 Å². The number of benzene rings is 2. The van der Waals surface area contributed by atoms with Crippen LogP contribution in [0.1, 0.15) is 145 Å². The summed E-state index contributed by atoms with van der Waals surface area (Å²) in [6.07, 6.45) is 0. The van der Waals surface area contributed by atoms with E-state index in [0.29, 0.717) is 37.6 Å². The first kappa shape index (κ1) is 88.1. The van der Waals surface area contributed by atoms with Gasteiger partial charge in [-0.25, -0.2) is 0 Å². The Balaban J connectivity index is -0.000000114. The third kappa shape index (κ3) is 59.6. The maximum Gasteiger partial charge on any atom is 1.00 e. The summed E-state index contributed by atoms with van der Waals surface area (Å²) in [6, 6.07) is 17.6. The second-order valence-electron chi connectivity index (χ2n) is 15.3. The van der Waals surface area contributed by atoms with E-state index in [1.165, 1.54) is 26.6 Å². The van der Waals surface area contributed by atoms with Crippen molar-refractivity contribution in [3.05, 3.63) is 71.8 Å². The molecule has 0 saturated heterocycles. The largest absolute Gasteiger partial charge is 1.00 e. The van der Waals surface area contributed by atoms with Crippen molar-refractivity contribution < 1.29 is 92.3 Å². The molecule has 0 aliphatic heterocycles. The SMILES string of the molecule is CCN(CC)CC.CCO.CCOC(=O)C(C)(C)S.CCOC(=O)C(C)(C)S.CCOC(=O)C(C)(C)SC(=O)c1ccccc1.CCOC(=O)C(C)(C)SC(C)=O.CC[O-].ClCCl.O=C(Cl)c1ccccc1.[Na+]. The minimum absolute atomic E-state index is 0. The number of halogens is 3. The molecular formula is C51H87Cl3NNaO13S4. The molecule has 0 saturated carbocycles. The summed E-state index contributed by atoms with van der Waals surface area (Å²) in [5, 5.41) is 16.1. The standard InChI is InChI=1S/C13H16O3S.C8H14O3S.C7H5ClO.C6H15N.2C6H12O2S.C2H6O.C2H5O.CH2Cl2.Na/c1-4-16-12(15)13(2,3)17-11(14)10-8-6-5-7-9-10;1-5-11-7(10)8(3,4)12-6(2)9;8-7(9)6-4-2-1-3-5-6;1-4-7(5-2)6-3;2*1-4-8-5(7)6(2,3)9;2*1-2-3;2-1-3;/h5-9H,4H2,1-3H3;5H2,1-4H3;1-5H;4-6H2,1-3H3;2*9H,4H2,1-3H3;3H,2H2,1H3;2H2,1H3;1H2;/q;;;;;;;-1;;+1. The van der Waals surface area contributed by atoms with E-state index < -0.39 is 24.2 Å². The van der Waals surface area contributed by atoms with Crippen LogP contribution in [0.5, 0.6) is 0 Å². The molecule has 2 aromatic carbocycles. The van der Waals surface area contributed by atoms with Gasteiger partial charge in [-0.3, -0.25) is 33.6 Å². The van der Waals surface area contributed by atoms with E-state index in [9.17, 15) is 33.6 Å². The maximum absolute atomic E-state index is 11.9. The number of carbonyl (C=O) groups excluding carboxylic acids is 7. The molecular weight excluding hydrogens is 1090 g/mol.